The van der Waals surface area contributed by atoms with Crippen molar-refractivity contribution in [3.8, 4) is 5.75 Å². The summed E-state index contributed by atoms with van der Waals surface area (Å²) < 4.78 is 5.23. The molecular weight excluding hydrogens is 356 g/mol. The first kappa shape index (κ1) is 19.2. The summed E-state index contributed by atoms with van der Waals surface area (Å²) in [5, 5.41) is 2.89. The Bertz CT molecular complexity index is 877. The highest BCUT2D eigenvalue weighted by Crippen LogP contribution is 2.23. The summed E-state index contributed by atoms with van der Waals surface area (Å²) in [4.78, 5) is 34.7. The van der Waals surface area contributed by atoms with Gasteiger partial charge < -0.3 is 15.8 Å². The Hall–Kier alpha value is -3.12. The van der Waals surface area contributed by atoms with Crippen molar-refractivity contribution in [1.82, 2.24) is 5.32 Å². The number of amides is 2. The number of carbonyl (C=O) groups excluding carboxylic acids is 3. The summed E-state index contributed by atoms with van der Waals surface area (Å²) >= 11 is 6.10. The van der Waals surface area contributed by atoms with E-state index in [1.807, 2.05) is 6.07 Å². The van der Waals surface area contributed by atoms with Gasteiger partial charge in [-0.3, -0.25) is 9.59 Å². The second kappa shape index (κ2) is 8.82. The number of halogens is 1. The highest BCUT2D eigenvalue weighted by atomic mass is 35.5. The first-order valence-corrected chi connectivity index (χ1v) is 8.06. The zero-order valence-corrected chi connectivity index (χ0v) is 14.7. The molecule has 0 bridgehead atoms. The van der Waals surface area contributed by atoms with E-state index in [0.29, 0.717) is 10.6 Å². The Kier molecular flexibility index (Phi) is 6.52. The molecule has 0 heterocycles. The molecule has 2 amide bonds. The maximum atomic E-state index is 12.1. The van der Waals surface area contributed by atoms with Crippen molar-refractivity contribution in [3.63, 3.8) is 0 Å². The van der Waals surface area contributed by atoms with Gasteiger partial charge in [-0.05, 0) is 42.3 Å². The lowest BCUT2D eigenvalue weighted by molar-refractivity contribution is -0.129. The van der Waals surface area contributed by atoms with Gasteiger partial charge in [-0.25, -0.2) is 4.79 Å². The molecule has 7 heteroatoms. The van der Waals surface area contributed by atoms with Crippen molar-refractivity contribution in [1.29, 1.82) is 0 Å². The van der Waals surface area contributed by atoms with Gasteiger partial charge in [-0.15, -0.1) is 0 Å². The van der Waals surface area contributed by atoms with Gasteiger partial charge in [0.25, 0.3) is 5.91 Å². The molecule has 0 saturated heterocycles. The van der Waals surface area contributed by atoms with Crippen LogP contribution in [0.3, 0.4) is 0 Å². The zero-order chi connectivity index (χ0) is 19.1. The number of nitrogens with two attached hydrogens (primary N) is 1. The fourth-order valence-electron chi connectivity index (χ4n) is 2.15. The number of primary amides is 1. The standard InChI is InChI=1S/C19H17ClN2O4/c1-12(15-7-2-3-8-16(15)20)9-18(24)26-14-6-4-5-13(10-14)19(25)22-11-17(21)23/h2-10H,11H2,1H3,(H2,21,23)(H,22,25)/b12-9-. The molecule has 0 radical (unpaired) electrons. The molecule has 0 aliphatic carbocycles. The Morgan fingerprint density at radius 3 is 2.58 bits per heavy atom. The molecule has 26 heavy (non-hydrogen) atoms. The third-order valence-corrected chi connectivity index (χ3v) is 3.70. The molecule has 3 N–H and O–H groups in total. The molecule has 2 rings (SSSR count). The maximum absolute atomic E-state index is 12.1. The smallest absolute Gasteiger partial charge is 0.336 e. The number of hydrogen-bond donors (Lipinski definition) is 2. The van der Waals surface area contributed by atoms with Crippen LogP contribution in [0, 0.1) is 0 Å². The molecule has 0 aliphatic heterocycles. The van der Waals surface area contributed by atoms with Crippen LogP contribution in [0.25, 0.3) is 5.57 Å². The van der Waals surface area contributed by atoms with Gasteiger partial charge in [0.15, 0.2) is 0 Å². The van der Waals surface area contributed by atoms with Crippen LogP contribution in [0.5, 0.6) is 5.75 Å². The first-order chi connectivity index (χ1) is 12.4. The van der Waals surface area contributed by atoms with E-state index in [1.165, 1.54) is 18.2 Å². The molecule has 0 fully saturated rings. The van der Waals surface area contributed by atoms with Crippen molar-refractivity contribution in [2.24, 2.45) is 5.73 Å². The second-order valence-electron chi connectivity index (χ2n) is 5.41. The number of esters is 1. The average Bonchev–Trinajstić information content (AvgIpc) is 2.60. The number of hydrogen-bond acceptors (Lipinski definition) is 4. The zero-order valence-electron chi connectivity index (χ0n) is 14.0. The van der Waals surface area contributed by atoms with Crippen molar-refractivity contribution in [2.45, 2.75) is 6.92 Å². The van der Waals surface area contributed by atoms with Crippen LogP contribution in [-0.2, 0) is 9.59 Å². The van der Waals surface area contributed by atoms with Gasteiger partial charge >= 0.3 is 5.97 Å². The Morgan fingerprint density at radius 2 is 1.88 bits per heavy atom. The van der Waals surface area contributed by atoms with E-state index in [1.54, 1.807) is 37.3 Å². The minimum Gasteiger partial charge on any atom is -0.423 e. The minimum atomic E-state index is -0.652. The Balaban J connectivity index is 2.08. The van der Waals surface area contributed by atoms with Gasteiger partial charge in [0.05, 0.1) is 6.54 Å². The molecule has 2 aromatic rings. The second-order valence-corrected chi connectivity index (χ2v) is 5.81. The number of rotatable bonds is 6. The first-order valence-electron chi connectivity index (χ1n) is 7.68. The summed E-state index contributed by atoms with van der Waals surface area (Å²) in [7, 11) is 0. The van der Waals surface area contributed by atoms with Gasteiger partial charge in [0.2, 0.25) is 5.91 Å². The van der Waals surface area contributed by atoms with E-state index >= 15 is 0 Å². The third-order valence-electron chi connectivity index (χ3n) is 3.37. The monoisotopic (exact) mass is 372 g/mol. The van der Waals surface area contributed by atoms with Gasteiger partial charge in [-0.2, -0.15) is 0 Å². The number of benzene rings is 2. The maximum Gasteiger partial charge on any atom is 0.336 e. The average molecular weight is 373 g/mol. The molecule has 0 aromatic heterocycles. The molecule has 0 spiro atoms. The SMILES string of the molecule is C/C(=C/C(=O)Oc1cccc(C(=O)NCC(N)=O)c1)c1ccccc1Cl. The van der Waals surface area contributed by atoms with Crippen molar-refractivity contribution < 1.29 is 19.1 Å². The van der Waals surface area contributed by atoms with Crippen LogP contribution < -0.4 is 15.8 Å². The minimum absolute atomic E-state index is 0.199. The summed E-state index contributed by atoms with van der Waals surface area (Å²) in [6, 6.07) is 13.2. The molecule has 0 saturated carbocycles. The van der Waals surface area contributed by atoms with Crippen molar-refractivity contribution in [2.75, 3.05) is 6.54 Å². The summed E-state index contributed by atoms with van der Waals surface area (Å²) in [5.74, 6) is -1.55. The van der Waals surface area contributed by atoms with Crippen LogP contribution in [0.1, 0.15) is 22.8 Å². The fraction of sp³-hybridized carbons (Fsp3) is 0.105. The van der Waals surface area contributed by atoms with Gasteiger partial charge in [-0.1, -0.05) is 35.9 Å². The van der Waals surface area contributed by atoms with E-state index in [4.69, 9.17) is 22.1 Å². The van der Waals surface area contributed by atoms with E-state index in [2.05, 4.69) is 5.32 Å². The van der Waals surface area contributed by atoms with E-state index < -0.39 is 17.8 Å². The van der Waals surface area contributed by atoms with Crippen LogP contribution in [0.15, 0.2) is 54.6 Å². The number of nitrogens with one attached hydrogen (secondary N) is 1. The van der Waals surface area contributed by atoms with Gasteiger partial charge in [0, 0.05) is 16.7 Å². The number of ether oxygens (including phenoxy) is 1. The number of allylic oxidation sites excluding steroid dienone is 1. The molecule has 0 aliphatic rings. The van der Waals surface area contributed by atoms with Gasteiger partial charge in [0.1, 0.15) is 5.75 Å². The molecule has 2 aromatic carbocycles. The lowest BCUT2D eigenvalue weighted by Crippen LogP contribution is -2.33. The van der Waals surface area contributed by atoms with Crippen LogP contribution in [0.2, 0.25) is 5.02 Å². The lowest BCUT2D eigenvalue weighted by atomic mass is 10.1. The molecule has 134 valence electrons. The van der Waals surface area contributed by atoms with E-state index in [9.17, 15) is 14.4 Å². The third kappa shape index (κ3) is 5.46. The number of carbonyl (C=O) groups is 3. The van der Waals surface area contributed by atoms with Crippen molar-refractivity contribution in [3.05, 3.63) is 70.8 Å². The van der Waals surface area contributed by atoms with Crippen LogP contribution in [0.4, 0.5) is 0 Å². The predicted molar refractivity (Wildman–Crippen MR) is 98.7 cm³/mol. The van der Waals surface area contributed by atoms with E-state index in [0.717, 1.165) is 5.56 Å². The lowest BCUT2D eigenvalue weighted by Gasteiger charge is -2.07. The fourth-order valence-corrected chi connectivity index (χ4v) is 2.44. The largest absolute Gasteiger partial charge is 0.423 e. The molecule has 0 unspecified atom stereocenters. The highest BCUT2D eigenvalue weighted by Gasteiger charge is 2.10. The topological polar surface area (TPSA) is 98.5 Å². The highest BCUT2D eigenvalue weighted by molar-refractivity contribution is 6.32. The van der Waals surface area contributed by atoms with Crippen LogP contribution >= 0.6 is 11.6 Å². The predicted octanol–water partition coefficient (Wildman–Crippen LogP) is 2.56. The summed E-state index contributed by atoms with van der Waals surface area (Å²) in [6.45, 7) is 1.47. The van der Waals surface area contributed by atoms with Crippen LogP contribution in [-0.4, -0.2) is 24.3 Å². The molecular formula is C19H17ClN2O4. The summed E-state index contributed by atoms with van der Waals surface area (Å²) in [6.07, 6.45) is 1.32. The van der Waals surface area contributed by atoms with Crippen molar-refractivity contribution >= 4 is 35.0 Å². The normalized spacial score (nSPS) is 10.9. The molecule has 0 atom stereocenters. The Labute approximate surface area is 155 Å². The Morgan fingerprint density at radius 1 is 1.15 bits per heavy atom. The quantitative estimate of drug-likeness (QED) is 0.462. The van der Waals surface area contributed by atoms with E-state index in [-0.39, 0.29) is 17.9 Å². The molecule has 6 nitrogen and oxygen atoms in total. The summed E-state index contributed by atoms with van der Waals surface area (Å²) in [5.41, 5.74) is 6.60.